The third-order valence-electron chi connectivity index (χ3n) is 2.03. The molecule has 1 aliphatic rings. The zero-order chi connectivity index (χ0) is 9.26. The summed E-state index contributed by atoms with van der Waals surface area (Å²) in [6, 6.07) is 7.99. The fourth-order valence-corrected chi connectivity index (χ4v) is 1.27. The number of nitrogens with zero attached hydrogens (tertiary/aromatic N) is 1. The fraction of sp³-hybridized carbons (Fsp3) is 0.200. The molecule has 1 aliphatic heterocycles. The lowest BCUT2D eigenvalue weighted by atomic mass is 10.1. The highest BCUT2D eigenvalue weighted by molar-refractivity contribution is 6.13. The first-order chi connectivity index (χ1) is 6.25. The third kappa shape index (κ3) is 1.59. The second kappa shape index (κ2) is 3.01. The minimum atomic E-state index is -0.0319. The van der Waals surface area contributed by atoms with E-state index in [-0.39, 0.29) is 5.91 Å². The smallest absolute Gasteiger partial charge is 0.246 e. The Labute approximate surface area is 76.5 Å². The van der Waals surface area contributed by atoms with Gasteiger partial charge in [0, 0.05) is 0 Å². The van der Waals surface area contributed by atoms with E-state index in [0.717, 1.165) is 11.3 Å². The van der Waals surface area contributed by atoms with Crippen LogP contribution in [0.2, 0.25) is 0 Å². The lowest BCUT2D eigenvalue weighted by Crippen LogP contribution is -2.09. The summed E-state index contributed by atoms with van der Waals surface area (Å²) in [5.41, 5.74) is 5.48. The summed E-state index contributed by atoms with van der Waals surface area (Å²) in [6.45, 7) is 2.03. The Morgan fingerprint density at radius 3 is 2.54 bits per heavy atom. The molecular formula is C10H10N2O. The molecule has 1 aromatic rings. The van der Waals surface area contributed by atoms with Crippen LogP contribution in [0, 0.1) is 6.92 Å². The van der Waals surface area contributed by atoms with Crippen LogP contribution in [0.3, 0.4) is 0 Å². The van der Waals surface area contributed by atoms with E-state index in [1.165, 1.54) is 5.56 Å². The second-order valence-corrected chi connectivity index (χ2v) is 3.14. The molecule has 0 saturated carbocycles. The van der Waals surface area contributed by atoms with Gasteiger partial charge in [0.1, 0.15) is 0 Å². The number of nitrogens with one attached hydrogen (secondary N) is 1. The number of hydrogen-bond acceptors (Lipinski definition) is 2. The summed E-state index contributed by atoms with van der Waals surface area (Å²) in [7, 11) is 0. The molecular weight excluding hydrogens is 164 g/mol. The molecule has 0 saturated heterocycles. The molecule has 0 spiro atoms. The Kier molecular flexibility index (Phi) is 1.85. The van der Waals surface area contributed by atoms with Crippen molar-refractivity contribution >= 4 is 11.6 Å². The monoisotopic (exact) mass is 174 g/mol. The predicted octanol–water partition coefficient (Wildman–Crippen LogP) is 1.22. The largest absolute Gasteiger partial charge is 0.273 e. The standard InChI is InChI=1S/C10H10N2O/c1-7-2-4-8(5-3-7)9-6-10(13)12-11-9/h2-5H,6H2,1H3,(H,12,13). The minimum Gasteiger partial charge on any atom is -0.273 e. The summed E-state index contributed by atoms with van der Waals surface area (Å²) < 4.78 is 0. The van der Waals surface area contributed by atoms with Gasteiger partial charge in [0.2, 0.25) is 5.91 Å². The average molecular weight is 174 g/mol. The summed E-state index contributed by atoms with van der Waals surface area (Å²) in [5.74, 6) is -0.0319. The number of hydrogen-bond donors (Lipinski definition) is 1. The van der Waals surface area contributed by atoms with Crippen molar-refractivity contribution in [1.82, 2.24) is 5.43 Å². The summed E-state index contributed by atoms with van der Waals surface area (Å²) in [4.78, 5) is 10.9. The number of carbonyl (C=O) groups excluding carboxylic acids is 1. The first kappa shape index (κ1) is 7.98. The van der Waals surface area contributed by atoms with E-state index in [9.17, 15) is 4.79 Å². The van der Waals surface area contributed by atoms with Gasteiger partial charge in [-0.3, -0.25) is 4.79 Å². The Morgan fingerprint density at radius 2 is 2.00 bits per heavy atom. The highest BCUT2D eigenvalue weighted by atomic mass is 16.2. The third-order valence-corrected chi connectivity index (χ3v) is 2.03. The lowest BCUT2D eigenvalue weighted by molar-refractivity contribution is -0.119. The second-order valence-electron chi connectivity index (χ2n) is 3.14. The van der Waals surface area contributed by atoms with Gasteiger partial charge in [-0.1, -0.05) is 29.8 Å². The van der Waals surface area contributed by atoms with Gasteiger partial charge in [-0.25, -0.2) is 5.43 Å². The molecule has 13 heavy (non-hydrogen) atoms. The van der Waals surface area contributed by atoms with E-state index in [1.807, 2.05) is 31.2 Å². The lowest BCUT2D eigenvalue weighted by Gasteiger charge is -1.97. The van der Waals surface area contributed by atoms with Crippen LogP contribution < -0.4 is 5.43 Å². The Hall–Kier alpha value is -1.64. The molecule has 0 bridgehead atoms. The maximum absolute atomic E-state index is 10.9. The molecule has 0 fully saturated rings. The van der Waals surface area contributed by atoms with Crippen molar-refractivity contribution in [3.63, 3.8) is 0 Å². The Morgan fingerprint density at radius 1 is 1.31 bits per heavy atom. The minimum absolute atomic E-state index is 0.0319. The van der Waals surface area contributed by atoms with Gasteiger partial charge in [-0.05, 0) is 12.5 Å². The number of amides is 1. The van der Waals surface area contributed by atoms with E-state index in [2.05, 4.69) is 10.5 Å². The van der Waals surface area contributed by atoms with Crippen LogP contribution in [-0.2, 0) is 4.79 Å². The molecule has 3 nitrogen and oxygen atoms in total. The highest BCUT2D eigenvalue weighted by Crippen LogP contribution is 2.09. The predicted molar refractivity (Wildman–Crippen MR) is 50.5 cm³/mol. The van der Waals surface area contributed by atoms with Crippen molar-refractivity contribution in [2.24, 2.45) is 5.10 Å². The number of aryl methyl sites for hydroxylation is 1. The van der Waals surface area contributed by atoms with Gasteiger partial charge >= 0.3 is 0 Å². The number of hydrazone groups is 1. The number of rotatable bonds is 1. The van der Waals surface area contributed by atoms with Crippen LogP contribution in [-0.4, -0.2) is 11.6 Å². The zero-order valence-corrected chi connectivity index (χ0v) is 7.37. The molecule has 0 radical (unpaired) electrons. The normalized spacial score (nSPS) is 15.5. The Balaban J connectivity index is 2.27. The van der Waals surface area contributed by atoms with Gasteiger partial charge in [-0.15, -0.1) is 0 Å². The molecule has 2 rings (SSSR count). The molecule has 1 aromatic carbocycles. The summed E-state index contributed by atoms with van der Waals surface area (Å²) in [5, 5.41) is 3.93. The first-order valence-electron chi connectivity index (χ1n) is 4.18. The van der Waals surface area contributed by atoms with E-state index in [0.29, 0.717) is 6.42 Å². The van der Waals surface area contributed by atoms with Crippen LogP contribution in [0.15, 0.2) is 29.4 Å². The quantitative estimate of drug-likeness (QED) is 0.683. The van der Waals surface area contributed by atoms with E-state index in [1.54, 1.807) is 0 Å². The van der Waals surface area contributed by atoms with E-state index in [4.69, 9.17) is 0 Å². The zero-order valence-electron chi connectivity index (χ0n) is 7.37. The van der Waals surface area contributed by atoms with Crippen molar-refractivity contribution < 1.29 is 4.79 Å². The maximum atomic E-state index is 10.9. The van der Waals surface area contributed by atoms with Crippen molar-refractivity contribution in [1.29, 1.82) is 0 Å². The van der Waals surface area contributed by atoms with E-state index >= 15 is 0 Å². The van der Waals surface area contributed by atoms with Crippen LogP contribution in [0.25, 0.3) is 0 Å². The molecule has 0 atom stereocenters. The molecule has 3 heteroatoms. The van der Waals surface area contributed by atoms with Crippen LogP contribution in [0.4, 0.5) is 0 Å². The molecule has 1 amide bonds. The van der Waals surface area contributed by atoms with Crippen molar-refractivity contribution in [3.8, 4) is 0 Å². The summed E-state index contributed by atoms with van der Waals surface area (Å²) >= 11 is 0. The first-order valence-corrected chi connectivity index (χ1v) is 4.18. The van der Waals surface area contributed by atoms with Crippen LogP contribution in [0.5, 0.6) is 0 Å². The molecule has 66 valence electrons. The summed E-state index contributed by atoms with van der Waals surface area (Å²) in [6.07, 6.45) is 0.392. The van der Waals surface area contributed by atoms with Crippen molar-refractivity contribution in [2.75, 3.05) is 0 Å². The maximum Gasteiger partial charge on any atom is 0.246 e. The van der Waals surface area contributed by atoms with Gasteiger partial charge in [0.15, 0.2) is 0 Å². The molecule has 0 unspecified atom stereocenters. The molecule has 0 aliphatic carbocycles. The van der Waals surface area contributed by atoms with Crippen molar-refractivity contribution in [2.45, 2.75) is 13.3 Å². The van der Waals surface area contributed by atoms with Gasteiger partial charge < -0.3 is 0 Å². The van der Waals surface area contributed by atoms with Crippen LogP contribution >= 0.6 is 0 Å². The highest BCUT2D eigenvalue weighted by Gasteiger charge is 2.15. The fourth-order valence-electron chi connectivity index (χ4n) is 1.27. The number of benzene rings is 1. The van der Waals surface area contributed by atoms with E-state index < -0.39 is 0 Å². The molecule has 0 aromatic heterocycles. The van der Waals surface area contributed by atoms with Crippen molar-refractivity contribution in [3.05, 3.63) is 35.4 Å². The van der Waals surface area contributed by atoms with Gasteiger partial charge in [0.25, 0.3) is 0 Å². The van der Waals surface area contributed by atoms with Crippen LogP contribution in [0.1, 0.15) is 17.5 Å². The van der Waals surface area contributed by atoms with Gasteiger partial charge in [-0.2, -0.15) is 5.10 Å². The molecule has 1 N–H and O–H groups in total. The topological polar surface area (TPSA) is 41.5 Å². The SMILES string of the molecule is Cc1ccc(C2=NNC(=O)C2)cc1. The molecule has 1 heterocycles. The number of carbonyl (C=O) groups is 1. The average Bonchev–Trinajstić information content (AvgIpc) is 2.53. The van der Waals surface area contributed by atoms with Gasteiger partial charge in [0.05, 0.1) is 12.1 Å². The Bertz CT molecular complexity index is 365.